The number of thiophene rings is 1. The van der Waals surface area contributed by atoms with Crippen LogP contribution in [-0.2, 0) is 13.5 Å². The lowest BCUT2D eigenvalue weighted by atomic mass is 10.1. The van der Waals surface area contributed by atoms with E-state index >= 15 is 0 Å². The van der Waals surface area contributed by atoms with E-state index in [4.69, 9.17) is 0 Å². The molecule has 0 aromatic carbocycles. The molecule has 1 N–H and O–H groups in total. The minimum Gasteiger partial charge on any atom is -0.342 e. The normalized spacial score (nSPS) is 12.3. The maximum atomic E-state index is 12.7. The number of carbonyl (C=O) groups excluding carboxylic acids is 1. The van der Waals surface area contributed by atoms with Gasteiger partial charge in [-0.05, 0) is 43.2 Å². The quantitative estimate of drug-likeness (QED) is 0.756. The molecule has 1 atom stereocenters. The maximum Gasteiger partial charge on any atom is 0.255 e. The van der Waals surface area contributed by atoms with Gasteiger partial charge in [-0.25, -0.2) is 4.98 Å². The Morgan fingerprint density at radius 2 is 2.12 bits per heavy atom. The minimum absolute atomic E-state index is 0.105. The Hall–Kier alpha value is -1.99. The molecule has 24 heavy (non-hydrogen) atoms. The van der Waals surface area contributed by atoms with Gasteiger partial charge in [0.1, 0.15) is 5.01 Å². The molecule has 0 saturated heterocycles. The van der Waals surface area contributed by atoms with E-state index in [0.717, 1.165) is 22.8 Å². The highest BCUT2D eigenvalue weighted by molar-refractivity contribution is 7.11. The molecule has 1 unspecified atom stereocenters. The smallest absolute Gasteiger partial charge is 0.255 e. The van der Waals surface area contributed by atoms with Crippen molar-refractivity contribution in [2.45, 2.75) is 33.2 Å². The summed E-state index contributed by atoms with van der Waals surface area (Å²) in [6, 6.07) is 1.95. The van der Waals surface area contributed by atoms with Gasteiger partial charge in [-0.1, -0.05) is 0 Å². The van der Waals surface area contributed by atoms with Crippen molar-refractivity contribution in [3.63, 3.8) is 0 Å². The van der Waals surface area contributed by atoms with Gasteiger partial charge in [-0.15, -0.1) is 11.3 Å². The van der Waals surface area contributed by atoms with E-state index in [-0.39, 0.29) is 11.9 Å². The van der Waals surface area contributed by atoms with E-state index in [1.165, 1.54) is 10.4 Å². The van der Waals surface area contributed by atoms with Crippen molar-refractivity contribution in [2.24, 2.45) is 7.05 Å². The van der Waals surface area contributed by atoms with E-state index in [9.17, 15) is 4.79 Å². The predicted octanol–water partition coefficient (Wildman–Crippen LogP) is 3.58. The van der Waals surface area contributed by atoms with Gasteiger partial charge < -0.3 is 5.32 Å². The van der Waals surface area contributed by atoms with Crippen molar-refractivity contribution in [1.82, 2.24) is 20.1 Å². The summed E-state index contributed by atoms with van der Waals surface area (Å²) in [5.41, 5.74) is 3.57. The van der Waals surface area contributed by atoms with Crippen LogP contribution in [0.3, 0.4) is 0 Å². The molecule has 3 rings (SSSR count). The monoisotopic (exact) mass is 360 g/mol. The van der Waals surface area contributed by atoms with Crippen LogP contribution >= 0.6 is 22.7 Å². The summed E-state index contributed by atoms with van der Waals surface area (Å²) in [6.07, 6.45) is 2.49. The molecule has 0 saturated carbocycles. The number of aryl methyl sites for hydroxylation is 4. The molecule has 3 aromatic heterocycles. The van der Waals surface area contributed by atoms with Crippen LogP contribution < -0.4 is 5.32 Å². The number of nitrogens with zero attached hydrogens (tertiary/aromatic N) is 3. The Balaban J connectivity index is 1.86. The Kier molecular flexibility index (Phi) is 4.82. The molecule has 126 valence electrons. The molecule has 3 heterocycles. The topological polar surface area (TPSA) is 59.8 Å². The molecule has 0 aliphatic heterocycles. The molecule has 5 nitrogen and oxygen atoms in total. The van der Waals surface area contributed by atoms with Crippen molar-refractivity contribution in [3.05, 3.63) is 55.4 Å². The summed E-state index contributed by atoms with van der Waals surface area (Å²) in [5.74, 6) is -0.105. The molecular weight excluding hydrogens is 340 g/mol. The average molecular weight is 361 g/mol. The fourth-order valence-corrected chi connectivity index (χ4v) is 4.21. The van der Waals surface area contributed by atoms with Crippen LogP contribution in [0.5, 0.6) is 0 Å². The molecule has 0 spiro atoms. The fraction of sp³-hybridized carbons (Fsp3) is 0.353. The Bertz CT molecular complexity index is 829. The Morgan fingerprint density at radius 3 is 2.67 bits per heavy atom. The molecule has 3 aromatic rings. The second kappa shape index (κ2) is 6.86. The van der Waals surface area contributed by atoms with Gasteiger partial charge in [0.05, 0.1) is 23.0 Å². The van der Waals surface area contributed by atoms with Gasteiger partial charge in [-0.3, -0.25) is 9.48 Å². The third-order valence-electron chi connectivity index (χ3n) is 3.93. The standard InChI is InChI=1S/C17H20N4OS2/c1-10-12(3)24-17(18-10)15(7-13-5-6-23-9-13)19-16(22)14-8-21(4)20-11(14)2/h5-6,8-9,15H,7H2,1-4H3,(H,19,22). The van der Waals surface area contributed by atoms with Crippen LogP contribution in [-0.4, -0.2) is 20.7 Å². The van der Waals surface area contributed by atoms with Crippen LogP contribution in [0.25, 0.3) is 0 Å². The van der Waals surface area contributed by atoms with Crippen LogP contribution in [0.15, 0.2) is 23.0 Å². The maximum absolute atomic E-state index is 12.7. The first-order valence-electron chi connectivity index (χ1n) is 7.70. The summed E-state index contributed by atoms with van der Waals surface area (Å²) >= 11 is 3.31. The second-order valence-electron chi connectivity index (χ2n) is 5.86. The van der Waals surface area contributed by atoms with E-state index in [1.807, 2.05) is 20.9 Å². The number of rotatable bonds is 5. The highest BCUT2D eigenvalue weighted by atomic mass is 32.1. The third-order valence-corrected chi connectivity index (χ3v) is 5.85. The van der Waals surface area contributed by atoms with Gasteiger partial charge in [0.15, 0.2) is 0 Å². The first-order chi connectivity index (χ1) is 11.4. The highest BCUT2D eigenvalue weighted by Gasteiger charge is 2.22. The van der Waals surface area contributed by atoms with Gasteiger partial charge in [0, 0.05) is 24.5 Å². The van der Waals surface area contributed by atoms with Crippen molar-refractivity contribution >= 4 is 28.6 Å². The average Bonchev–Trinajstić information content (AvgIpc) is 3.21. The lowest BCUT2D eigenvalue weighted by Gasteiger charge is -2.16. The van der Waals surface area contributed by atoms with Gasteiger partial charge in [0.25, 0.3) is 5.91 Å². The molecule has 0 fully saturated rings. The van der Waals surface area contributed by atoms with Crippen molar-refractivity contribution in [2.75, 3.05) is 0 Å². The number of aromatic nitrogens is 3. The second-order valence-corrected chi connectivity index (χ2v) is 7.87. The fourth-order valence-electron chi connectivity index (χ4n) is 2.55. The summed E-state index contributed by atoms with van der Waals surface area (Å²) in [4.78, 5) is 18.5. The molecule has 0 aliphatic rings. The largest absolute Gasteiger partial charge is 0.342 e. The van der Waals surface area contributed by atoms with Crippen molar-refractivity contribution in [1.29, 1.82) is 0 Å². The number of hydrogen-bond acceptors (Lipinski definition) is 5. The lowest BCUT2D eigenvalue weighted by molar-refractivity contribution is 0.0935. The minimum atomic E-state index is -0.135. The predicted molar refractivity (Wildman–Crippen MR) is 97.8 cm³/mol. The molecule has 0 aliphatic carbocycles. The number of nitrogens with one attached hydrogen (secondary N) is 1. The van der Waals surface area contributed by atoms with E-state index < -0.39 is 0 Å². The molecule has 7 heteroatoms. The summed E-state index contributed by atoms with van der Waals surface area (Å²) < 4.78 is 1.66. The number of amides is 1. The van der Waals surface area contributed by atoms with Crippen molar-refractivity contribution < 1.29 is 4.79 Å². The number of hydrogen-bond donors (Lipinski definition) is 1. The molecule has 0 radical (unpaired) electrons. The zero-order valence-corrected chi connectivity index (χ0v) is 15.8. The molecular formula is C17H20N4OS2. The van der Waals surface area contributed by atoms with Gasteiger partial charge in [-0.2, -0.15) is 16.4 Å². The number of thiazole rings is 1. The van der Waals surface area contributed by atoms with Gasteiger partial charge in [0.2, 0.25) is 0 Å². The summed E-state index contributed by atoms with van der Waals surface area (Å²) in [5, 5.41) is 12.5. The van der Waals surface area contributed by atoms with Crippen LogP contribution in [0.1, 0.15) is 43.2 Å². The van der Waals surface area contributed by atoms with E-state index in [0.29, 0.717) is 5.56 Å². The number of carbonyl (C=O) groups is 1. The highest BCUT2D eigenvalue weighted by Crippen LogP contribution is 2.26. The van der Waals surface area contributed by atoms with Crippen LogP contribution in [0.2, 0.25) is 0 Å². The van der Waals surface area contributed by atoms with E-state index in [1.54, 1.807) is 33.6 Å². The molecule has 0 bridgehead atoms. The Labute approximate surface area is 149 Å². The lowest BCUT2D eigenvalue weighted by Crippen LogP contribution is -2.30. The van der Waals surface area contributed by atoms with E-state index in [2.05, 4.69) is 39.1 Å². The van der Waals surface area contributed by atoms with Crippen LogP contribution in [0.4, 0.5) is 0 Å². The van der Waals surface area contributed by atoms with Gasteiger partial charge >= 0.3 is 0 Å². The zero-order chi connectivity index (χ0) is 17.3. The SMILES string of the molecule is Cc1nn(C)cc1C(=O)NC(Cc1ccsc1)c1nc(C)c(C)s1. The summed E-state index contributed by atoms with van der Waals surface area (Å²) in [6.45, 7) is 5.91. The molecule has 1 amide bonds. The first kappa shape index (κ1) is 16.9. The zero-order valence-electron chi connectivity index (χ0n) is 14.2. The summed E-state index contributed by atoms with van der Waals surface area (Å²) in [7, 11) is 1.82. The van der Waals surface area contributed by atoms with Crippen LogP contribution in [0, 0.1) is 20.8 Å². The Morgan fingerprint density at radius 1 is 1.33 bits per heavy atom. The third kappa shape index (κ3) is 3.57. The van der Waals surface area contributed by atoms with Crippen molar-refractivity contribution in [3.8, 4) is 0 Å². The first-order valence-corrected chi connectivity index (χ1v) is 9.46.